The van der Waals surface area contributed by atoms with Crippen molar-refractivity contribution >= 4 is 45.5 Å². The van der Waals surface area contributed by atoms with Gasteiger partial charge in [0, 0.05) is 22.4 Å². The van der Waals surface area contributed by atoms with Crippen molar-refractivity contribution in [3.63, 3.8) is 0 Å². The Balaban J connectivity index is 1.51. The molecule has 1 aliphatic heterocycles. The number of halogens is 1. The molecule has 2 aromatic heterocycles. The number of anilines is 1. The number of ether oxygens (including phenoxy) is 1. The van der Waals surface area contributed by atoms with Crippen molar-refractivity contribution in [3.05, 3.63) is 106 Å². The number of hydrazone groups is 1. The number of thiophene rings is 1. The van der Waals surface area contributed by atoms with Gasteiger partial charge < -0.3 is 4.74 Å². The van der Waals surface area contributed by atoms with Gasteiger partial charge in [-0.05, 0) is 54.3 Å². The van der Waals surface area contributed by atoms with E-state index in [-0.39, 0.29) is 6.04 Å². The lowest BCUT2D eigenvalue weighted by Crippen LogP contribution is -2.21. The Morgan fingerprint density at radius 2 is 1.83 bits per heavy atom. The van der Waals surface area contributed by atoms with Gasteiger partial charge in [0.1, 0.15) is 5.75 Å². The average Bonchev–Trinajstić information content (AvgIpc) is 3.60. The Labute approximate surface area is 218 Å². The highest BCUT2D eigenvalue weighted by Crippen LogP contribution is 2.39. The largest absolute Gasteiger partial charge is 0.494 e. The second-order valence-corrected chi connectivity index (χ2v) is 9.87. The third-order valence-corrected chi connectivity index (χ3v) is 7.35. The minimum absolute atomic E-state index is 0.0539. The summed E-state index contributed by atoms with van der Waals surface area (Å²) in [6.07, 6.45) is 0.753. The van der Waals surface area contributed by atoms with Gasteiger partial charge in [0.2, 0.25) is 5.95 Å². The zero-order chi connectivity index (χ0) is 24.5. The predicted molar refractivity (Wildman–Crippen MR) is 148 cm³/mol. The fourth-order valence-corrected chi connectivity index (χ4v) is 5.37. The Bertz CT molecular complexity index is 1550. The Morgan fingerprint density at radius 1 is 0.972 bits per heavy atom. The molecule has 0 N–H and O–H groups in total. The van der Waals surface area contributed by atoms with Crippen molar-refractivity contribution < 1.29 is 4.74 Å². The van der Waals surface area contributed by atoms with Crippen LogP contribution in [0, 0.1) is 0 Å². The minimum Gasteiger partial charge on any atom is -0.494 e. The number of fused-ring (bicyclic) bond motifs is 1. The molecule has 5 nitrogen and oxygen atoms in total. The van der Waals surface area contributed by atoms with Crippen LogP contribution in [0.1, 0.15) is 29.8 Å². The van der Waals surface area contributed by atoms with Gasteiger partial charge in [-0.3, -0.25) is 0 Å². The molecular weight excluding hydrogens is 488 g/mol. The number of aromatic nitrogens is 2. The molecule has 178 valence electrons. The highest BCUT2D eigenvalue weighted by atomic mass is 35.5. The van der Waals surface area contributed by atoms with E-state index >= 15 is 0 Å². The van der Waals surface area contributed by atoms with E-state index in [1.807, 2.05) is 66.5 Å². The molecule has 5 aromatic rings. The van der Waals surface area contributed by atoms with Crippen LogP contribution in [0.2, 0.25) is 5.02 Å². The van der Waals surface area contributed by atoms with Crippen LogP contribution in [0.3, 0.4) is 0 Å². The number of hydrogen-bond donors (Lipinski definition) is 0. The van der Waals surface area contributed by atoms with Crippen LogP contribution in [0.15, 0.2) is 95.4 Å². The van der Waals surface area contributed by atoms with Crippen LogP contribution >= 0.6 is 22.9 Å². The third-order valence-electron chi connectivity index (χ3n) is 6.18. The smallest absolute Gasteiger partial charge is 0.247 e. The Kier molecular flexibility index (Phi) is 6.13. The Morgan fingerprint density at radius 3 is 2.64 bits per heavy atom. The number of nitrogens with zero attached hydrogens (tertiary/aromatic N) is 4. The van der Waals surface area contributed by atoms with Gasteiger partial charge in [-0.2, -0.15) is 5.10 Å². The normalized spacial score (nSPS) is 15.3. The summed E-state index contributed by atoms with van der Waals surface area (Å²) in [7, 11) is 0. The molecule has 0 spiro atoms. The van der Waals surface area contributed by atoms with E-state index in [1.54, 1.807) is 11.3 Å². The van der Waals surface area contributed by atoms with Gasteiger partial charge in [-0.25, -0.2) is 15.0 Å². The van der Waals surface area contributed by atoms with Crippen molar-refractivity contribution in [1.29, 1.82) is 0 Å². The summed E-state index contributed by atoms with van der Waals surface area (Å²) in [5.41, 5.74) is 4.85. The maximum atomic E-state index is 6.17. The van der Waals surface area contributed by atoms with Gasteiger partial charge in [0.15, 0.2) is 0 Å². The molecular formula is C29H23ClN4OS. The minimum atomic E-state index is -0.0539. The van der Waals surface area contributed by atoms with Crippen molar-refractivity contribution in [2.75, 3.05) is 11.6 Å². The van der Waals surface area contributed by atoms with Crippen molar-refractivity contribution in [3.8, 4) is 17.0 Å². The predicted octanol–water partition coefficient (Wildman–Crippen LogP) is 7.77. The van der Waals surface area contributed by atoms with Gasteiger partial charge in [0.05, 0.1) is 34.4 Å². The van der Waals surface area contributed by atoms with E-state index in [0.717, 1.165) is 50.5 Å². The molecule has 36 heavy (non-hydrogen) atoms. The molecule has 0 bridgehead atoms. The lowest BCUT2D eigenvalue weighted by molar-refractivity contribution is 0.339. The van der Waals surface area contributed by atoms with E-state index in [4.69, 9.17) is 31.4 Å². The van der Waals surface area contributed by atoms with Gasteiger partial charge in [-0.15, -0.1) is 11.3 Å². The maximum absolute atomic E-state index is 6.17. The first kappa shape index (κ1) is 22.7. The standard InChI is InChI=1S/C29H23ClN4OS/c1-2-35-22-8-5-7-20(17-22)26-18-25(27-11-6-16-36-27)33-34(26)29-31-24-10-4-3-9-23(24)28(32-29)19-12-14-21(30)15-13-19/h3-17,26H,2,18H2,1H3/t26-/m0/s1. The van der Waals surface area contributed by atoms with E-state index in [2.05, 4.69) is 35.7 Å². The molecule has 0 unspecified atom stereocenters. The fourth-order valence-electron chi connectivity index (χ4n) is 4.52. The van der Waals surface area contributed by atoms with E-state index < -0.39 is 0 Å². The number of para-hydroxylation sites is 1. The summed E-state index contributed by atoms with van der Waals surface area (Å²) in [5.74, 6) is 1.41. The van der Waals surface area contributed by atoms with Gasteiger partial charge in [-0.1, -0.05) is 60.1 Å². The molecule has 3 aromatic carbocycles. The SMILES string of the molecule is CCOc1cccc([C@@H]2CC(c3cccs3)=NN2c2nc(-c3ccc(Cl)cc3)c3ccccc3n2)c1. The second-order valence-electron chi connectivity index (χ2n) is 8.49. The van der Waals surface area contributed by atoms with Crippen LogP contribution < -0.4 is 9.75 Å². The lowest BCUT2D eigenvalue weighted by Gasteiger charge is -2.23. The van der Waals surface area contributed by atoms with Crippen LogP contribution in [0.4, 0.5) is 5.95 Å². The van der Waals surface area contributed by atoms with Crippen molar-refractivity contribution in [2.45, 2.75) is 19.4 Å². The quantitative estimate of drug-likeness (QED) is 0.234. The Hall–Kier alpha value is -3.74. The maximum Gasteiger partial charge on any atom is 0.247 e. The molecule has 0 radical (unpaired) electrons. The van der Waals surface area contributed by atoms with E-state index in [9.17, 15) is 0 Å². The summed E-state index contributed by atoms with van der Waals surface area (Å²) >= 11 is 7.87. The zero-order valence-electron chi connectivity index (χ0n) is 19.6. The summed E-state index contributed by atoms with van der Waals surface area (Å²) in [5, 5.41) is 10.8. The van der Waals surface area contributed by atoms with Crippen LogP contribution in [0.5, 0.6) is 5.75 Å². The first-order valence-corrected chi connectivity index (χ1v) is 13.1. The van der Waals surface area contributed by atoms with Crippen molar-refractivity contribution in [1.82, 2.24) is 9.97 Å². The summed E-state index contributed by atoms with van der Waals surface area (Å²) in [4.78, 5) is 11.2. The number of rotatable bonds is 6. The van der Waals surface area contributed by atoms with E-state index in [0.29, 0.717) is 17.6 Å². The molecule has 1 aliphatic rings. The fraction of sp³-hybridized carbons (Fsp3) is 0.138. The monoisotopic (exact) mass is 510 g/mol. The molecule has 6 rings (SSSR count). The zero-order valence-corrected chi connectivity index (χ0v) is 21.2. The highest BCUT2D eigenvalue weighted by Gasteiger charge is 2.33. The summed E-state index contributed by atoms with van der Waals surface area (Å²) < 4.78 is 5.79. The molecule has 0 saturated heterocycles. The van der Waals surface area contributed by atoms with Gasteiger partial charge in [0.25, 0.3) is 0 Å². The van der Waals surface area contributed by atoms with Crippen LogP contribution in [0.25, 0.3) is 22.2 Å². The van der Waals surface area contributed by atoms with Gasteiger partial charge >= 0.3 is 0 Å². The number of hydrogen-bond acceptors (Lipinski definition) is 6. The average molecular weight is 511 g/mol. The molecule has 0 aliphatic carbocycles. The highest BCUT2D eigenvalue weighted by molar-refractivity contribution is 7.12. The van der Waals surface area contributed by atoms with E-state index in [1.165, 1.54) is 0 Å². The van der Waals surface area contributed by atoms with Crippen molar-refractivity contribution in [2.24, 2.45) is 5.10 Å². The van der Waals surface area contributed by atoms with Crippen LogP contribution in [-0.4, -0.2) is 22.3 Å². The number of benzene rings is 3. The topological polar surface area (TPSA) is 50.6 Å². The van der Waals surface area contributed by atoms with Crippen LogP contribution in [-0.2, 0) is 0 Å². The molecule has 3 heterocycles. The molecule has 0 fully saturated rings. The molecule has 0 saturated carbocycles. The first-order valence-electron chi connectivity index (χ1n) is 11.9. The molecule has 0 amide bonds. The molecule has 1 atom stereocenters. The summed E-state index contributed by atoms with van der Waals surface area (Å²) in [6, 6.07) is 28.2. The summed E-state index contributed by atoms with van der Waals surface area (Å²) in [6.45, 7) is 2.61. The lowest BCUT2D eigenvalue weighted by atomic mass is 10.0. The third kappa shape index (κ3) is 4.34. The molecule has 7 heteroatoms. The second kappa shape index (κ2) is 9.72. The first-order chi connectivity index (χ1) is 17.7.